The molecule has 0 bridgehead atoms. The fourth-order valence-electron chi connectivity index (χ4n) is 3.16. The molecule has 176 valence electrons. The Hall–Kier alpha value is -4.12. The second-order valence-corrected chi connectivity index (χ2v) is 9.05. The minimum Gasteiger partial charge on any atom is -0.487 e. The quantitative estimate of drug-likeness (QED) is 0.373. The predicted molar refractivity (Wildman–Crippen MR) is 125 cm³/mol. The Labute approximate surface area is 196 Å². The van der Waals surface area contributed by atoms with Crippen LogP contribution in [-0.2, 0) is 23.2 Å². The highest BCUT2D eigenvalue weighted by Crippen LogP contribution is 2.24. The third kappa shape index (κ3) is 4.94. The Balaban J connectivity index is 1.45. The van der Waals surface area contributed by atoms with Gasteiger partial charge in [0.2, 0.25) is 5.89 Å². The van der Waals surface area contributed by atoms with Crippen LogP contribution in [0, 0.1) is 6.92 Å². The first kappa shape index (κ1) is 23.1. The minimum atomic E-state index is -4.00. The fraction of sp³-hybridized carbons (Fsp3) is 0.174. The topological polar surface area (TPSA) is 142 Å². The monoisotopic (exact) mass is 481 g/mol. The van der Waals surface area contributed by atoms with Gasteiger partial charge in [0.05, 0.1) is 4.90 Å². The molecular formula is C23H23N5O5S. The summed E-state index contributed by atoms with van der Waals surface area (Å²) in [6, 6.07) is 15.4. The summed E-state index contributed by atoms with van der Waals surface area (Å²) in [6.07, 6.45) is 1.40. The molecule has 0 aliphatic carbocycles. The van der Waals surface area contributed by atoms with Crippen LogP contribution in [0.4, 0.5) is 5.82 Å². The Morgan fingerprint density at radius 1 is 1.15 bits per heavy atom. The molecule has 0 atom stereocenters. The number of sulfonamides is 1. The van der Waals surface area contributed by atoms with E-state index in [2.05, 4.69) is 14.8 Å². The molecule has 0 fully saturated rings. The number of ether oxygens (including phenoxy) is 1. The van der Waals surface area contributed by atoms with E-state index in [0.29, 0.717) is 29.6 Å². The SMILES string of the molecule is CCn1cc(C(N)=O)c(NS(=O)(=O)c2ccc(OCc3nc(-c4ccccc4)oc3C)cc2)n1. The minimum absolute atomic E-state index is 0.0109. The molecule has 0 spiro atoms. The summed E-state index contributed by atoms with van der Waals surface area (Å²) < 4.78 is 40.8. The third-order valence-electron chi connectivity index (χ3n) is 5.01. The maximum absolute atomic E-state index is 12.8. The van der Waals surface area contributed by atoms with Gasteiger partial charge < -0.3 is 14.9 Å². The van der Waals surface area contributed by atoms with Crippen molar-refractivity contribution in [3.63, 3.8) is 0 Å². The number of hydrogen-bond acceptors (Lipinski definition) is 7. The lowest BCUT2D eigenvalue weighted by molar-refractivity contribution is 0.100. The van der Waals surface area contributed by atoms with Gasteiger partial charge in [-0.2, -0.15) is 5.10 Å². The standard InChI is InChI=1S/C23H23N5O5S/c1-3-28-13-19(21(24)29)22(26-28)27-34(30,31)18-11-9-17(10-12-18)32-14-20-15(2)33-23(25-20)16-7-5-4-6-8-16/h4-13H,3,14H2,1-2H3,(H2,24,29)(H,26,27). The average Bonchev–Trinajstić information content (AvgIpc) is 3.41. The second kappa shape index (κ2) is 9.40. The largest absolute Gasteiger partial charge is 0.487 e. The van der Waals surface area contributed by atoms with Crippen LogP contribution >= 0.6 is 0 Å². The maximum Gasteiger partial charge on any atom is 0.263 e. The number of oxazole rings is 1. The zero-order chi connectivity index (χ0) is 24.3. The number of aryl methyl sites for hydroxylation is 2. The van der Waals surface area contributed by atoms with Gasteiger partial charge in [-0.25, -0.2) is 13.4 Å². The van der Waals surface area contributed by atoms with Crippen LogP contribution in [0.3, 0.4) is 0 Å². The van der Waals surface area contributed by atoms with Crippen molar-refractivity contribution in [3.05, 3.63) is 77.8 Å². The number of rotatable bonds is 9. The van der Waals surface area contributed by atoms with E-state index >= 15 is 0 Å². The number of nitrogens with two attached hydrogens (primary N) is 1. The number of hydrogen-bond donors (Lipinski definition) is 2. The van der Waals surface area contributed by atoms with Gasteiger partial charge in [0.25, 0.3) is 15.9 Å². The van der Waals surface area contributed by atoms with Crippen molar-refractivity contribution in [3.8, 4) is 17.2 Å². The lowest BCUT2D eigenvalue weighted by Crippen LogP contribution is -2.18. The molecule has 3 N–H and O–H groups in total. The molecule has 2 aromatic carbocycles. The van der Waals surface area contributed by atoms with Gasteiger partial charge in [0.1, 0.15) is 29.4 Å². The molecular weight excluding hydrogens is 458 g/mol. The number of nitrogens with zero attached hydrogens (tertiary/aromatic N) is 3. The van der Waals surface area contributed by atoms with Crippen molar-refractivity contribution in [1.29, 1.82) is 0 Å². The van der Waals surface area contributed by atoms with E-state index in [0.717, 1.165) is 5.56 Å². The molecule has 0 radical (unpaired) electrons. The van der Waals surface area contributed by atoms with Crippen molar-refractivity contribution in [2.45, 2.75) is 31.9 Å². The number of primary amides is 1. The van der Waals surface area contributed by atoms with Crippen molar-refractivity contribution in [1.82, 2.24) is 14.8 Å². The van der Waals surface area contributed by atoms with Crippen molar-refractivity contribution >= 4 is 21.7 Å². The summed E-state index contributed by atoms with van der Waals surface area (Å²) in [6.45, 7) is 4.21. The van der Waals surface area contributed by atoms with Gasteiger partial charge in [-0.05, 0) is 50.2 Å². The van der Waals surface area contributed by atoms with Gasteiger partial charge in [0.15, 0.2) is 5.82 Å². The number of carbonyl (C=O) groups is 1. The first-order valence-electron chi connectivity index (χ1n) is 10.4. The van der Waals surface area contributed by atoms with Crippen molar-refractivity contribution < 1.29 is 22.4 Å². The van der Waals surface area contributed by atoms with E-state index < -0.39 is 15.9 Å². The first-order valence-corrected chi connectivity index (χ1v) is 11.9. The Kier molecular flexibility index (Phi) is 6.37. The molecule has 0 unspecified atom stereocenters. The molecule has 0 aliphatic rings. The highest BCUT2D eigenvalue weighted by atomic mass is 32.2. The molecule has 10 nitrogen and oxygen atoms in total. The third-order valence-corrected chi connectivity index (χ3v) is 6.36. The lowest BCUT2D eigenvalue weighted by atomic mass is 10.2. The summed E-state index contributed by atoms with van der Waals surface area (Å²) >= 11 is 0. The van der Waals surface area contributed by atoms with Crippen molar-refractivity contribution in [2.75, 3.05) is 4.72 Å². The molecule has 1 amide bonds. The van der Waals surface area contributed by atoms with E-state index in [4.69, 9.17) is 14.9 Å². The van der Waals surface area contributed by atoms with Crippen LogP contribution < -0.4 is 15.2 Å². The highest BCUT2D eigenvalue weighted by molar-refractivity contribution is 7.92. The van der Waals surface area contributed by atoms with Gasteiger partial charge in [-0.1, -0.05) is 18.2 Å². The molecule has 0 aliphatic heterocycles. The number of aromatic nitrogens is 3. The molecule has 11 heteroatoms. The highest BCUT2D eigenvalue weighted by Gasteiger charge is 2.21. The molecule has 34 heavy (non-hydrogen) atoms. The van der Waals surface area contributed by atoms with Crippen LogP contribution in [0.1, 0.15) is 28.7 Å². The van der Waals surface area contributed by atoms with Crippen LogP contribution in [-0.4, -0.2) is 29.1 Å². The molecule has 2 aromatic heterocycles. The van der Waals surface area contributed by atoms with Gasteiger partial charge in [-0.3, -0.25) is 14.2 Å². The van der Waals surface area contributed by atoms with Gasteiger partial charge >= 0.3 is 0 Å². The maximum atomic E-state index is 12.8. The Morgan fingerprint density at radius 2 is 1.85 bits per heavy atom. The van der Waals surface area contributed by atoms with E-state index in [1.54, 1.807) is 13.8 Å². The van der Waals surface area contributed by atoms with E-state index in [9.17, 15) is 13.2 Å². The van der Waals surface area contributed by atoms with Gasteiger partial charge in [0, 0.05) is 18.3 Å². The Bertz CT molecular complexity index is 1410. The predicted octanol–water partition coefficient (Wildman–Crippen LogP) is 3.35. The molecule has 2 heterocycles. The molecule has 0 saturated carbocycles. The van der Waals surface area contributed by atoms with E-state index in [1.807, 2.05) is 30.3 Å². The average molecular weight is 482 g/mol. The zero-order valence-electron chi connectivity index (χ0n) is 18.6. The van der Waals surface area contributed by atoms with Crippen LogP contribution in [0.15, 0.2) is 70.1 Å². The normalized spacial score (nSPS) is 11.4. The fourth-order valence-corrected chi connectivity index (χ4v) is 4.18. The summed E-state index contributed by atoms with van der Waals surface area (Å²) in [5.41, 5.74) is 6.82. The van der Waals surface area contributed by atoms with Crippen LogP contribution in [0.5, 0.6) is 5.75 Å². The number of carbonyl (C=O) groups excluding carboxylic acids is 1. The molecule has 0 saturated heterocycles. The van der Waals surface area contributed by atoms with E-state index in [1.165, 1.54) is 35.1 Å². The second-order valence-electron chi connectivity index (χ2n) is 7.36. The van der Waals surface area contributed by atoms with Crippen molar-refractivity contribution in [2.24, 2.45) is 5.73 Å². The number of anilines is 1. The zero-order valence-corrected chi connectivity index (χ0v) is 19.4. The lowest BCUT2D eigenvalue weighted by Gasteiger charge is -2.08. The van der Waals surface area contributed by atoms with Crippen LogP contribution in [0.25, 0.3) is 11.5 Å². The van der Waals surface area contributed by atoms with E-state index in [-0.39, 0.29) is 22.9 Å². The van der Waals surface area contributed by atoms with Crippen LogP contribution in [0.2, 0.25) is 0 Å². The molecule has 4 rings (SSSR count). The summed E-state index contributed by atoms with van der Waals surface area (Å²) in [4.78, 5) is 16.1. The van der Waals surface area contributed by atoms with Gasteiger partial charge in [-0.15, -0.1) is 0 Å². The number of benzene rings is 2. The Morgan fingerprint density at radius 3 is 2.50 bits per heavy atom. The number of nitrogens with one attached hydrogen (secondary N) is 1. The summed E-state index contributed by atoms with van der Waals surface area (Å²) in [5, 5.41) is 4.06. The summed E-state index contributed by atoms with van der Waals surface area (Å²) in [5.74, 6) is 0.699. The molecule has 4 aromatic rings. The first-order chi connectivity index (χ1) is 16.3. The summed E-state index contributed by atoms with van der Waals surface area (Å²) in [7, 11) is -4.00. The smallest absolute Gasteiger partial charge is 0.263 e. The number of amides is 1.